The number of hydrogen-bond donors (Lipinski definition) is 1. The highest BCUT2D eigenvalue weighted by Crippen LogP contribution is 2.33. The Kier molecular flexibility index (Phi) is 5.21. The van der Waals surface area contributed by atoms with E-state index in [0.717, 1.165) is 0 Å². The van der Waals surface area contributed by atoms with Crippen molar-refractivity contribution in [2.75, 3.05) is 20.3 Å². The lowest BCUT2D eigenvalue weighted by Crippen LogP contribution is -2.29. The first-order chi connectivity index (χ1) is 9.19. The molecule has 1 aliphatic carbocycles. The lowest BCUT2D eigenvalue weighted by molar-refractivity contribution is 0.0182. The van der Waals surface area contributed by atoms with Crippen molar-refractivity contribution in [2.24, 2.45) is 5.92 Å². The minimum absolute atomic E-state index is 0.182. The second kappa shape index (κ2) is 6.91. The molecule has 1 aliphatic rings. The molecule has 0 bridgehead atoms. The quantitative estimate of drug-likeness (QED) is 0.691. The molecule has 1 N–H and O–H groups in total. The molecule has 19 heavy (non-hydrogen) atoms. The van der Waals surface area contributed by atoms with E-state index in [4.69, 9.17) is 9.26 Å². The van der Waals surface area contributed by atoms with Gasteiger partial charge in [0.15, 0.2) is 5.82 Å². The van der Waals surface area contributed by atoms with Gasteiger partial charge in [-0.1, -0.05) is 5.16 Å². The van der Waals surface area contributed by atoms with Crippen LogP contribution in [0.15, 0.2) is 4.52 Å². The van der Waals surface area contributed by atoms with E-state index in [1.165, 1.54) is 12.8 Å². The van der Waals surface area contributed by atoms with Gasteiger partial charge in [-0.2, -0.15) is 4.98 Å². The monoisotopic (exact) mass is 275 g/mol. The third-order valence-corrected chi connectivity index (χ3v) is 3.18. The molecule has 0 saturated heterocycles. The minimum Gasteiger partial charge on any atom is -0.375 e. The Morgan fingerprint density at radius 2 is 2.26 bits per heavy atom. The zero-order valence-corrected chi connectivity index (χ0v) is 10.9. The van der Waals surface area contributed by atoms with Crippen LogP contribution in [-0.4, -0.2) is 42.9 Å². The van der Waals surface area contributed by atoms with Crippen molar-refractivity contribution in [1.82, 2.24) is 15.5 Å². The molecular formula is C12H19F2N3O2. The average Bonchev–Trinajstić information content (AvgIpc) is 3.13. The average molecular weight is 275 g/mol. The molecule has 0 aliphatic heterocycles. The molecule has 1 aromatic heterocycles. The summed E-state index contributed by atoms with van der Waals surface area (Å²) < 4.78 is 33.6. The second-order valence-corrected chi connectivity index (χ2v) is 4.76. The van der Waals surface area contributed by atoms with Crippen LogP contribution in [0.4, 0.5) is 8.78 Å². The third kappa shape index (κ3) is 4.83. The molecule has 108 valence electrons. The Morgan fingerprint density at radius 1 is 1.47 bits per heavy atom. The van der Waals surface area contributed by atoms with Crippen molar-refractivity contribution in [3.8, 4) is 0 Å². The van der Waals surface area contributed by atoms with Crippen LogP contribution in [0.1, 0.15) is 24.6 Å². The largest absolute Gasteiger partial charge is 0.375 e. The van der Waals surface area contributed by atoms with Crippen molar-refractivity contribution >= 4 is 0 Å². The normalized spacial score (nSPS) is 17.1. The van der Waals surface area contributed by atoms with Crippen molar-refractivity contribution in [3.05, 3.63) is 11.7 Å². The van der Waals surface area contributed by atoms with E-state index in [1.54, 1.807) is 0 Å². The maximum Gasteiger partial charge on any atom is 0.261 e. The topological polar surface area (TPSA) is 60.2 Å². The van der Waals surface area contributed by atoms with Crippen molar-refractivity contribution in [2.45, 2.75) is 38.2 Å². The molecule has 0 aromatic carbocycles. The summed E-state index contributed by atoms with van der Waals surface area (Å²) in [5, 5.41) is 7.07. The summed E-state index contributed by atoms with van der Waals surface area (Å²) in [6, 6.07) is 0.378. The van der Waals surface area contributed by atoms with Crippen LogP contribution in [0.3, 0.4) is 0 Å². The molecule has 5 nitrogen and oxygen atoms in total. The molecule has 2 rings (SSSR count). The van der Waals surface area contributed by atoms with E-state index in [2.05, 4.69) is 15.5 Å². The van der Waals surface area contributed by atoms with Crippen LogP contribution in [0.25, 0.3) is 0 Å². The number of ether oxygens (including phenoxy) is 1. The van der Waals surface area contributed by atoms with Gasteiger partial charge >= 0.3 is 0 Å². The van der Waals surface area contributed by atoms with E-state index in [9.17, 15) is 8.78 Å². The Hall–Kier alpha value is -1.08. The zero-order valence-electron chi connectivity index (χ0n) is 10.9. The first kappa shape index (κ1) is 14.3. The van der Waals surface area contributed by atoms with Gasteiger partial charge in [-0.25, -0.2) is 8.78 Å². The number of nitrogens with zero attached hydrogens (tertiary/aromatic N) is 2. The molecule has 7 heteroatoms. The van der Waals surface area contributed by atoms with Crippen LogP contribution in [0.5, 0.6) is 0 Å². The molecular weight excluding hydrogens is 256 g/mol. The summed E-state index contributed by atoms with van der Waals surface area (Å²) in [7, 11) is 1.93. The van der Waals surface area contributed by atoms with Crippen molar-refractivity contribution in [3.63, 3.8) is 0 Å². The predicted octanol–water partition coefficient (Wildman–Crippen LogP) is 1.43. The highest BCUT2D eigenvalue weighted by atomic mass is 19.3. The summed E-state index contributed by atoms with van der Waals surface area (Å²) in [6.07, 6.45) is 1.16. The standard InChI is InChI=1S/C12H19F2N3O2/c1-15-9(8-2-3-8)6-12-16-11(17-19-12)4-5-18-7-10(13)14/h8-10,15H,2-7H2,1H3. The Balaban J connectivity index is 1.72. The van der Waals surface area contributed by atoms with E-state index >= 15 is 0 Å². The molecule has 0 radical (unpaired) electrons. The number of alkyl halides is 2. The van der Waals surface area contributed by atoms with Crippen LogP contribution in [0, 0.1) is 5.92 Å². The second-order valence-electron chi connectivity index (χ2n) is 4.76. The number of rotatable bonds is 9. The van der Waals surface area contributed by atoms with Gasteiger partial charge in [0.05, 0.1) is 6.61 Å². The van der Waals surface area contributed by atoms with Gasteiger partial charge in [0, 0.05) is 18.9 Å². The number of nitrogens with one attached hydrogen (secondary N) is 1. The van der Waals surface area contributed by atoms with E-state index in [1.807, 2.05) is 7.05 Å². The Morgan fingerprint density at radius 3 is 2.89 bits per heavy atom. The Labute approximate surface area is 110 Å². The van der Waals surface area contributed by atoms with Gasteiger partial charge < -0.3 is 14.6 Å². The molecule has 1 atom stereocenters. The molecule has 0 amide bonds. The van der Waals surface area contributed by atoms with Gasteiger partial charge in [0.2, 0.25) is 5.89 Å². The van der Waals surface area contributed by atoms with Crippen LogP contribution in [0.2, 0.25) is 0 Å². The number of hydrogen-bond acceptors (Lipinski definition) is 5. The zero-order chi connectivity index (χ0) is 13.7. The summed E-state index contributed by atoms with van der Waals surface area (Å²) in [5.41, 5.74) is 0. The maximum atomic E-state index is 11.8. The van der Waals surface area contributed by atoms with Crippen molar-refractivity contribution in [1.29, 1.82) is 0 Å². The van der Waals surface area contributed by atoms with Gasteiger partial charge in [-0.3, -0.25) is 0 Å². The third-order valence-electron chi connectivity index (χ3n) is 3.18. The van der Waals surface area contributed by atoms with Crippen LogP contribution in [-0.2, 0) is 17.6 Å². The highest BCUT2D eigenvalue weighted by Gasteiger charge is 2.31. The molecule has 1 saturated carbocycles. The number of halogens is 2. The van der Waals surface area contributed by atoms with Crippen LogP contribution < -0.4 is 5.32 Å². The van der Waals surface area contributed by atoms with Gasteiger partial charge in [0.1, 0.15) is 6.61 Å². The van der Waals surface area contributed by atoms with Gasteiger partial charge in [0.25, 0.3) is 6.43 Å². The van der Waals surface area contributed by atoms with Crippen molar-refractivity contribution < 1.29 is 18.0 Å². The SMILES string of the molecule is CNC(Cc1nc(CCOCC(F)F)no1)C1CC1. The van der Waals surface area contributed by atoms with Crippen LogP contribution >= 0.6 is 0 Å². The smallest absolute Gasteiger partial charge is 0.261 e. The number of aromatic nitrogens is 2. The van der Waals surface area contributed by atoms with E-state index in [0.29, 0.717) is 36.5 Å². The highest BCUT2D eigenvalue weighted by molar-refractivity contribution is 4.94. The lowest BCUT2D eigenvalue weighted by Gasteiger charge is -2.11. The molecule has 1 fully saturated rings. The number of likely N-dealkylation sites (N-methyl/N-ethyl adjacent to an activating group) is 1. The predicted molar refractivity (Wildman–Crippen MR) is 64.1 cm³/mol. The molecule has 1 unspecified atom stereocenters. The van der Waals surface area contributed by atoms with Gasteiger partial charge in [-0.15, -0.1) is 0 Å². The van der Waals surface area contributed by atoms with Gasteiger partial charge in [-0.05, 0) is 25.8 Å². The fourth-order valence-corrected chi connectivity index (χ4v) is 2.00. The van der Waals surface area contributed by atoms with E-state index < -0.39 is 13.0 Å². The molecule has 1 heterocycles. The fourth-order valence-electron chi connectivity index (χ4n) is 2.00. The fraction of sp³-hybridized carbons (Fsp3) is 0.833. The molecule has 0 spiro atoms. The summed E-state index contributed by atoms with van der Waals surface area (Å²) >= 11 is 0. The lowest BCUT2D eigenvalue weighted by atomic mass is 10.1. The first-order valence-electron chi connectivity index (χ1n) is 6.53. The Bertz CT molecular complexity index is 383. The summed E-state index contributed by atoms with van der Waals surface area (Å²) in [5.74, 6) is 1.81. The minimum atomic E-state index is -2.43. The maximum absolute atomic E-state index is 11.8. The molecule has 1 aromatic rings. The summed E-state index contributed by atoms with van der Waals surface area (Å²) in [6.45, 7) is -0.365. The summed E-state index contributed by atoms with van der Waals surface area (Å²) in [4.78, 5) is 4.24. The first-order valence-corrected chi connectivity index (χ1v) is 6.53. The van der Waals surface area contributed by atoms with E-state index in [-0.39, 0.29) is 6.61 Å².